The van der Waals surface area contributed by atoms with Crippen LogP contribution in [0.15, 0.2) is 18.2 Å². The van der Waals surface area contributed by atoms with Gasteiger partial charge in [-0.2, -0.15) is 0 Å². The Bertz CT molecular complexity index is 514. The minimum Gasteiger partial charge on any atom is -0.375 e. The number of rotatable bonds is 2. The van der Waals surface area contributed by atoms with Crippen LogP contribution in [0.25, 0.3) is 10.2 Å². The van der Waals surface area contributed by atoms with Crippen molar-refractivity contribution in [2.75, 3.05) is 18.8 Å². The van der Waals surface area contributed by atoms with Crippen molar-refractivity contribution >= 4 is 26.7 Å². The summed E-state index contributed by atoms with van der Waals surface area (Å²) in [6, 6.07) is 6.55. The third-order valence-corrected chi connectivity index (χ3v) is 4.30. The SMILES string of the molecule is Nc1nc2ccc(CC3CCNCC3)cc2s1. The minimum absolute atomic E-state index is 0.666. The highest BCUT2D eigenvalue weighted by Crippen LogP contribution is 2.26. The van der Waals surface area contributed by atoms with Crippen LogP contribution in [-0.2, 0) is 6.42 Å². The number of piperidine rings is 1. The molecule has 1 aromatic carbocycles. The van der Waals surface area contributed by atoms with Crippen LogP contribution < -0.4 is 11.1 Å². The molecule has 3 N–H and O–H groups in total. The number of nitrogens with two attached hydrogens (primary N) is 1. The van der Waals surface area contributed by atoms with E-state index in [1.807, 2.05) is 0 Å². The van der Waals surface area contributed by atoms with Crippen molar-refractivity contribution in [1.82, 2.24) is 10.3 Å². The van der Waals surface area contributed by atoms with Gasteiger partial charge in [-0.05, 0) is 56.0 Å². The molecule has 0 bridgehead atoms. The first-order chi connectivity index (χ1) is 8.31. The normalized spacial score (nSPS) is 17.6. The fourth-order valence-electron chi connectivity index (χ4n) is 2.53. The fraction of sp³-hybridized carbons (Fsp3) is 0.462. The Balaban J connectivity index is 1.79. The van der Waals surface area contributed by atoms with Crippen LogP contribution in [0.3, 0.4) is 0 Å². The zero-order chi connectivity index (χ0) is 11.7. The average Bonchev–Trinajstić information content (AvgIpc) is 2.70. The highest BCUT2D eigenvalue weighted by atomic mass is 32.1. The van der Waals surface area contributed by atoms with E-state index in [-0.39, 0.29) is 0 Å². The molecule has 17 heavy (non-hydrogen) atoms. The molecule has 3 nitrogen and oxygen atoms in total. The van der Waals surface area contributed by atoms with Crippen molar-refractivity contribution in [1.29, 1.82) is 0 Å². The lowest BCUT2D eigenvalue weighted by Gasteiger charge is -2.22. The average molecular weight is 247 g/mol. The van der Waals surface area contributed by atoms with Gasteiger partial charge in [-0.1, -0.05) is 17.4 Å². The van der Waals surface area contributed by atoms with Crippen LogP contribution in [0.1, 0.15) is 18.4 Å². The molecule has 0 unspecified atom stereocenters. The number of aromatic nitrogens is 1. The number of nitrogens with zero attached hydrogens (tertiary/aromatic N) is 1. The Kier molecular flexibility index (Phi) is 2.99. The molecule has 4 heteroatoms. The van der Waals surface area contributed by atoms with Crippen molar-refractivity contribution in [2.45, 2.75) is 19.3 Å². The lowest BCUT2D eigenvalue weighted by molar-refractivity contribution is 0.373. The quantitative estimate of drug-likeness (QED) is 0.857. The first-order valence-electron chi connectivity index (χ1n) is 6.17. The second kappa shape index (κ2) is 4.63. The third kappa shape index (κ3) is 2.42. The molecule has 0 radical (unpaired) electrons. The molecule has 1 aliphatic heterocycles. The van der Waals surface area contributed by atoms with E-state index in [1.54, 1.807) is 11.3 Å². The molecule has 0 atom stereocenters. The molecule has 2 heterocycles. The van der Waals surface area contributed by atoms with Crippen LogP contribution in [0.2, 0.25) is 0 Å². The third-order valence-electron chi connectivity index (χ3n) is 3.45. The van der Waals surface area contributed by atoms with Crippen molar-refractivity contribution in [3.63, 3.8) is 0 Å². The number of thiazole rings is 1. The predicted molar refractivity (Wildman–Crippen MR) is 73.3 cm³/mol. The van der Waals surface area contributed by atoms with E-state index in [0.717, 1.165) is 11.4 Å². The minimum atomic E-state index is 0.666. The van der Waals surface area contributed by atoms with E-state index in [0.29, 0.717) is 5.13 Å². The van der Waals surface area contributed by atoms with Gasteiger partial charge in [0.1, 0.15) is 0 Å². The summed E-state index contributed by atoms with van der Waals surface area (Å²) in [5, 5.41) is 4.07. The van der Waals surface area contributed by atoms with Crippen molar-refractivity contribution < 1.29 is 0 Å². The van der Waals surface area contributed by atoms with E-state index in [2.05, 4.69) is 28.5 Å². The summed E-state index contributed by atoms with van der Waals surface area (Å²) >= 11 is 1.58. The zero-order valence-corrected chi connectivity index (χ0v) is 10.6. The second-order valence-electron chi connectivity index (χ2n) is 4.75. The number of hydrogen-bond donors (Lipinski definition) is 2. The van der Waals surface area contributed by atoms with E-state index in [1.165, 1.54) is 42.6 Å². The highest BCUT2D eigenvalue weighted by molar-refractivity contribution is 7.22. The predicted octanol–water partition coefficient (Wildman–Crippen LogP) is 2.42. The van der Waals surface area contributed by atoms with Crippen LogP contribution >= 0.6 is 11.3 Å². The van der Waals surface area contributed by atoms with Gasteiger partial charge in [0, 0.05) is 0 Å². The molecule has 0 spiro atoms. The summed E-state index contributed by atoms with van der Waals surface area (Å²) in [5.41, 5.74) is 8.18. The first-order valence-corrected chi connectivity index (χ1v) is 6.98. The van der Waals surface area contributed by atoms with Gasteiger partial charge in [-0.15, -0.1) is 0 Å². The maximum atomic E-state index is 5.72. The zero-order valence-electron chi connectivity index (χ0n) is 9.78. The number of fused-ring (bicyclic) bond motifs is 1. The molecule has 0 amide bonds. The lowest BCUT2D eigenvalue weighted by atomic mass is 9.91. The molecule has 1 aromatic heterocycles. The molecule has 0 saturated carbocycles. The van der Waals surface area contributed by atoms with Crippen molar-refractivity contribution in [3.8, 4) is 0 Å². The monoisotopic (exact) mass is 247 g/mol. The van der Waals surface area contributed by atoms with Gasteiger partial charge < -0.3 is 11.1 Å². The van der Waals surface area contributed by atoms with E-state index in [9.17, 15) is 0 Å². The van der Waals surface area contributed by atoms with Crippen molar-refractivity contribution in [2.24, 2.45) is 5.92 Å². The molecule has 3 rings (SSSR count). The fourth-order valence-corrected chi connectivity index (χ4v) is 3.33. The molecule has 1 fully saturated rings. The summed E-state index contributed by atoms with van der Waals surface area (Å²) in [6.45, 7) is 2.33. The van der Waals surface area contributed by atoms with Crippen LogP contribution in [0.5, 0.6) is 0 Å². The van der Waals surface area contributed by atoms with E-state index in [4.69, 9.17) is 5.73 Å². The van der Waals surface area contributed by atoms with Gasteiger partial charge in [0.25, 0.3) is 0 Å². The number of nitrogen functional groups attached to an aromatic ring is 1. The Morgan fingerprint density at radius 3 is 3.00 bits per heavy atom. The lowest BCUT2D eigenvalue weighted by Crippen LogP contribution is -2.28. The number of benzene rings is 1. The number of nitrogens with one attached hydrogen (secondary N) is 1. The number of anilines is 1. The highest BCUT2D eigenvalue weighted by Gasteiger charge is 2.13. The number of hydrogen-bond acceptors (Lipinski definition) is 4. The molecule has 1 saturated heterocycles. The van der Waals surface area contributed by atoms with Crippen LogP contribution in [0.4, 0.5) is 5.13 Å². The van der Waals surface area contributed by atoms with Gasteiger partial charge >= 0.3 is 0 Å². The summed E-state index contributed by atoms with van der Waals surface area (Å²) in [6.07, 6.45) is 3.78. The maximum absolute atomic E-state index is 5.72. The largest absolute Gasteiger partial charge is 0.375 e. The molecular weight excluding hydrogens is 230 g/mol. The summed E-state index contributed by atoms with van der Waals surface area (Å²) in [5.74, 6) is 0.832. The molecule has 90 valence electrons. The maximum Gasteiger partial charge on any atom is 0.181 e. The van der Waals surface area contributed by atoms with Gasteiger partial charge in [0.05, 0.1) is 10.2 Å². The Hall–Kier alpha value is -1.13. The Morgan fingerprint density at radius 2 is 2.18 bits per heavy atom. The summed E-state index contributed by atoms with van der Waals surface area (Å²) in [7, 11) is 0. The van der Waals surface area contributed by atoms with Gasteiger partial charge in [-0.25, -0.2) is 4.98 Å². The summed E-state index contributed by atoms with van der Waals surface area (Å²) in [4.78, 5) is 4.29. The molecular formula is C13H17N3S. The van der Waals surface area contributed by atoms with Gasteiger partial charge in [-0.3, -0.25) is 0 Å². The van der Waals surface area contributed by atoms with Crippen LogP contribution in [-0.4, -0.2) is 18.1 Å². The van der Waals surface area contributed by atoms with E-state index >= 15 is 0 Å². The molecule has 0 aliphatic carbocycles. The first kappa shape index (κ1) is 11.0. The smallest absolute Gasteiger partial charge is 0.181 e. The topological polar surface area (TPSA) is 50.9 Å². The second-order valence-corrected chi connectivity index (χ2v) is 5.81. The van der Waals surface area contributed by atoms with Crippen LogP contribution in [0, 0.1) is 5.92 Å². The summed E-state index contributed by atoms with van der Waals surface area (Å²) < 4.78 is 1.22. The van der Waals surface area contributed by atoms with E-state index < -0.39 is 0 Å². The van der Waals surface area contributed by atoms with Gasteiger partial charge in [0.2, 0.25) is 0 Å². The van der Waals surface area contributed by atoms with Crippen molar-refractivity contribution in [3.05, 3.63) is 23.8 Å². The Morgan fingerprint density at radius 1 is 1.35 bits per heavy atom. The molecule has 2 aromatic rings. The van der Waals surface area contributed by atoms with Gasteiger partial charge in [0.15, 0.2) is 5.13 Å². The molecule has 1 aliphatic rings. The standard InChI is InChI=1S/C13H17N3S/c14-13-16-11-2-1-10(8-12(11)17-13)7-9-3-5-15-6-4-9/h1-2,8-9,15H,3-7H2,(H2,14,16). The Labute approximate surface area is 105 Å².